The second-order valence-electron chi connectivity index (χ2n) is 6.01. The van der Waals surface area contributed by atoms with Crippen molar-refractivity contribution >= 4 is 5.97 Å². The van der Waals surface area contributed by atoms with Gasteiger partial charge in [0.25, 0.3) is 0 Å². The van der Waals surface area contributed by atoms with Crippen molar-refractivity contribution in [2.45, 2.75) is 44.8 Å². The van der Waals surface area contributed by atoms with E-state index in [4.69, 9.17) is 4.74 Å². The molecule has 0 radical (unpaired) electrons. The smallest absolute Gasteiger partial charge is 0.341 e. The van der Waals surface area contributed by atoms with Crippen LogP contribution in [0.5, 0.6) is 0 Å². The number of aryl methyl sites for hydroxylation is 1. The number of nitrogens with one attached hydrogen (secondary N) is 1. The topological polar surface area (TPSA) is 59.4 Å². The van der Waals surface area contributed by atoms with Gasteiger partial charge in [0.1, 0.15) is 5.56 Å². The Morgan fingerprint density at radius 3 is 3.05 bits per heavy atom. The second-order valence-corrected chi connectivity index (χ2v) is 6.01. The van der Waals surface area contributed by atoms with Crippen molar-refractivity contribution < 1.29 is 9.53 Å². The molecule has 2 aliphatic rings. The molecule has 0 aliphatic carbocycles. The number of nitrogens with zero attached hydrogens (tertiary/aromatic N) is 3. The number of carbonyl (C=O) groups excluding carboxylic acids is 1. The minimum atomic E-state index is -0.268. The Hall–Kier alpha value is -1.40. The zero-order valence-corrected chi connectivity index (χ0v) is 12.8. The third kappa shape index (κ3) is 3.11. The lowest BCUT2D eigenvalue weighted by molar-refractivity contribution is 0.0523. The normalized spacial score (nSPS) is 25.8. The molecule has 3 rings (SSSR count). The summed E-state index contributed by atoms with van der Waals surface area (Å²) in [5.74, 6) is -0.268. The molecule has 1 aromatic heterocycles. The van der Waals surface area contributed by atoms with Gasteiger partial charge in [-0.3, -0.25) is 9.58 Å². The van der Waals surface area contributed by atoms with E-state index in [1.807, 2.05) is 14.0 Å². The van der Waals surface area contributed by atoms with Gasteiger partial charge in [-0.15, -0.1) is 0 Å². The van der Waals surface area contributed by atoms with Gasteiger partial charge >= 0.3 is 5.97 Å². The molecule has 1 N–H and O–H groups in total. The molecule has 3 heterocycles. The molecule has 0 spiro atoms. The Bertz CT molecular complexity index is 514. The van der Waals surface area contributed by atoms with Crippen molar-refractivity contribution in [1.29, 1.82) is 0 Å². The largest absolute Gasteiger partial charge is 0.462 e. The molecule has 1 aromatic rings. The van der Waals surface area contributed by atoms with Gasteiger partial charge in [-0.1, -0.05) is 0 Å². The lowest BCUT2D eigenvalue weighted by Crippen LogP contribution is -2.35. The summed E-state index contributed by atoms with van der Waals surface area (Å²) >= 11 is 0. The van der Waals surface area contributed by atoms with Crippen molar-refractivity contribution in [1.82, 2.24) is 20.0 Å². The Morgan fingerprint density at radius 1 is 1.43 bits per heavy atom. The van der Waals surface area contributed by atoms with E-state index in [9.17, 15) is 4.79 Å². The van der Waals surface area contributed by atoms with Gasteiger partial charge in [0.15, 0.2) is 0 Å². The number of aromatic nitrogens is 2. The zero-order valence-electron chi connectivity index (χ0n) is 12.8. The molecular weight excluding hydrogens is 268 g/mol. The van der Waals surface area contributed by atoms with Gasteiger partial charge in [-0.05, 0) is 26.2 Å². The van der Waals surface area contributed by atoms with Crippen molar-refractivity contribution in [3.05, 3.63) is 17.5 Å². The average Bonchev–Trinajstić information content (AvgIpc) is 2.97. The molecule has 0 aromatic carbocycles. The minimum Gasteiger partial charge on any atom is -0.462 e. The highest BCUT2D eigenvalue weighted by Gasteiger charge is 2.30. The molecular formula is C15H24N4O2. The summed E-state index contributed by atoms with van der Waals surface area (Å²) in [5.41, 5.74) is 1.55. The van der Waals surface area contributed by atoms with E-state index < -0.39 is 0 Å². The maximum absolute atomic E-state index is 12.0. The van der Waals surface area contributed by atoms with Crippen LogP contribution in [0.4, 0.5) is 0 Å². The molecule has 0 amide bonds. The van der Waals surface area contributed by atoms with Gasteiger partial charge in [-0.25, -0.2) is 4.79 Å². The van der Waals surface area contributed by atoms with E-state index in [1.54, 1.807) is 10.9 Å². The van der Waals surface area contributed by atoms with Gasteiger partial charge in [0.2, 0.25) is 0 Å². The number of hydrogen-bond donors (Lipinski definition) is 1. The maximum Gasteiger partial charge on any atom is 0.341 e. The first kappa shape index (κ1) is 14.5. The molecule has 116 valence electrons. The van der Waals surface area contributed by atoms with Crippen LogP contribution in [0.25, 0.3) is 0 Å². The van der Waals surface area contributed by atoms with Crippen molar-refractivity contribution in [3.8, 4) is 0 Å². The molecule has 2 fully saturated rings. The maximum atomic E-state index is 12.0. The number of hydrogen-bond acceptors (Lipinski definition) is 5. The summed E-state index contributed by atoms with van der Waals surface area (Å²) in [6, 6.07) is 1.27. The van der Waals surface area contributed by atoms with Crippen LogP contribution >= 0.6 is 0 Å². The highest BCUT2D eigenvalue weighted by molar-refractivity contribution is 5.90. The number of likely N-dealkylation sites (tertiary alicyclic amines) is 1. The van der Waals surface area contributed by atoms with Crippen LogP contribution in [0.2, 0.25) is 0 Å². The molecule has 21 heavy (non-hydrogen) atoms. The Labute approximate surface area is 125 Å². The summed E-state index contributed by atoms with van der Waals surface area (Å²) < 4.78 is 6.92. The summed E-state index contributed by atoms with van der Waals surface area (Å²) in [6.07, 6.45) is 5.37. The summed E-state index contributed by atoms with van der Waals surface area (Å²) in [6.45, 7) is 5.09. The van der Waals surface area contributed by atoms with E-state index in [2.05, 4.69) is 15.3 Å². The van der Waals surface area contributed by atoms with Gasteiger partial charge in [0, 0.05) is 38.8 Å². The second kappa shape index (κ2) is 6.15. The predicted molar refractivity (Wildman–Crippen MR) is 79.0 cm³/mol. The number of ether oxygens (including phenoxy) is 1. The molecule has 2 atom stereocenters. The number of rotatable bonds is 4. The zero-order chi connectivity index (χ0) is 14.8. The van der Waals surface area contributed by atoms with Crippen LogP contribution in [0.15, 0.2) is 6.20 Å². The van der Waals surface area contributed by atoms with Crippen LogP contribution in [-0.4, -0.2) is 52.4 Å². The van der Waals surface area contributed by atoms with Crippen LogP contribution in [0.3, 0.4) is 0 Å². The van der Waals surface area contributed by atoms with E-state index in [1.165, 1.54) is 19.3 Å². The highest BCUT2D eigenvalue weighted by atomic mass is 16.5. The van der Waals surface area contributed by atoms with Gasteiger partial charge < -0.3 is 10.1 Å². The van der Waals surface area contributed by atoms with Gasteiger partial charge in [-0.2, -0.15) is 5.10 Å². The molecule has 6 heteroatoms. The fourth-order valence-electron chi connectivity index (χ4n) is 3.40. The third-order valence-electron chi connectivity index (χ3n) is 4.54. The van der Waals surface area contributed by atoms with E-state index in [0.29, 0.717) is 24.3 Å². The van der Waals surface area contributed by atoms with Gasteiger partial charge in [0.05, 0.1) is 18.5 Å². The molecule has 2 bridgehead atoms. The van der Waals surface area contributed by atoms with E-state index in [-0.39, 0.29) is 5.97 Å². The fourth-order valence-corrected chi connectivity index (χ4v) is 3.40. The highest BCUT2D eigenvalue weighted by Crippen LogP contribution is 2.22. The minimum absolute atomic E-state index is 0.268. The van der Waals surface area contributed by atoms with Crippen LogP contribution in [0, 0.1) is 0 Å². The molecule has 2 aliphatic heterocycles. The van der Waals surface area contributed by atoms with Crippen LogP contribution in [-0.2, 0) is 18.3 Å². The quantitative estimate of drug-likeness (QED) is 0.836. The summed E-state index contributed by atoms with van der Waals surface area (Å²) in [4.78, 5) is 14.4. The van der Waals surface area contributed by atoms with E-state index in [0.717, 1.165) is 25.3 Å². The first-order valence-electron chi connectivity index (χ1n) is 7.83. The monoisotopic (exact) mass is 292 g/mol. The Balaban J connectivity index is 1.72. The van der Waals surface area contributed by atoms with E-state index >= 15 is 0 Å². The average molecular weight is 292 g/mol. The molecule has 0 saturated carbocycles. The van der Waals surface area contributed by atoms with Crippen LogP contribution < -0.4 is 5.32 Å². The summed E-state index contributed by atoms with van der Waals surface area (Å²) in [7, 11) is 1.89. The first-order chi connectivity index (χ1) is 10.2. The third-order valence-corrected chi connectivity index (χ3v) is 4.54. The first-order valence-corrected chi connectivity index (χ1v) is 7.83. The Kier molecular flexibility index (Phi) is 4.26. The standard InChI is InChI=1S/C15H24N4O2/c1-3-21-15(20)13-8-16-18(2)14(13)10-19-7-6-11-4-5-12(9-19)17-11/h8,11-12,17H,3-7,9-10H2,1-2H3. The number of esters is 1. The SMILES string of the molecule is CCOC(=O)c1cnn(C)c1CN1CCC2CCC(C1)N2. The summed E-state index contributed by atoms with van der Waals surface area (Å²) in [5, 5.41) is 7.91. The number of fused-ring (bicyclic) bond motifs is 2. The van der Waals surface area contributed by atoms with Crippen molar-refractivity contribution in [2.24, 2.45) is 7.05 Å². The number of carbonyl (C=O) groups is 1. The van der Waals surface area contributed by atoms with Crippen molar-refractivity contribution in [3.63, 3.8) is 0 Å². The van der Waals surface area contributed by atoms with Crippen LogP contribution in [0.1, 0.15) is 42.2 Å². The lowest BCUT2D eigenvalue weighted by Gasteiger charge is -2.24. The molecule has 2 saturated heterocycles. The fraction of sp³-hybridized carbons (Fsp3) is 0.733. The lowest BCUT2D eigenvalue weighted by atomic mass is 10.1. The molecule has 6 nitrogen and oxygen atoms in total. The Morgan fingerprint density at radius 2 is 2.24 bits per heavy atom. The van der Waals surface area contributed by atoms with Crippen molar-refractivity contribution in [2.75, 3.05) is 19.7 Å². The molecule has 2 unspecified atom stereocenters. The predicted octanol–water partition coefficient (Wildman–Crippen LogP) is 0.923.